The number of fused-ring (bicyclic) bond motifs is 1. The van der Waals surface area contributed by atoms with E-state index in [2.05, 4.69) is 21.9 Å². The molecule has 0 aliphatic carbocycles. The number of hydrogen-bond donors (Lipinski definition) is 1. The Morgan fingerprint density at radius 1 is 0.862 bits per heavy atom. The Labute approximate surface area is 171 Å². The first-order valence-electron chi connectivity index (χ1n) is 10.3. The van der Waals surface area contributed by atoms with Crippen molar-refractivity contribution in [1.82, 2.24) is 9.80 Å². The van der Waals surface area contributed by atoms with Crippen LogP contribution >= 0.6 is 0 Å². The van der Waals surface area contributed by atoms with Crippen LogP contribution in [0.25, 0.3) is 0 Å². The predicted molar refractivity (Wildman–Crippen MR) is 115 cm³/mol. The van der Waals surface area contributed by atoms with Crippen molar-refractivity contribution in [3.63, 3.8) is 0 Å². The van der Waals surface area contributed by atoms with Gasteiger partial charge in [-0.1, -0.05) is 12.1 Å². The van der Waals surface area contributed by atoms with Crippen LogP contribution in [0.3, 0.4) is 0 Å². The van der Waals surface area contributed by atoms with Gasteiger partial charge in [0.15, 0.2) is 0 Å². The number of imide groups is 1. The summed E-state index contributed by atoms with van der Waals surface area (Å²) in [6.45, 7) is 7.59. The molecule has 1 saturated heterocycles. The van der Waals surface area contributed by atoms with Crippen molar-refractivity contribution in [2.45, 2.75) is 19.8 Å². The average molecular weight is 393 g/mol. The molecular weight excluding hydrogens is 364 g/mol. The summed E-state index contributed by atoms with van der Waals surface area (Å²) in [5.41, 5.74) is 10.2. The minimum atomic E-state index is -0.155. The second-order valence-corrected chi connectivity index (χ2v) is 7.88. The van der Waals surface area contributed by atoms with Crippen molar-refractivity contribution in [3.8, 4) is 0 Å². The number of carbonyl (C=O) groups is 2. The molecule has 0 aromatic heterocycles. The molecule has 2 aliphatic rings. The van der Waals surface area contributed by atoms with Crippen LogP contribution in [0.1, 0.15) is 39.1 Å². The number of nitrogens with zero attached hydrogens (tertiary/aromatic N) is 3. The maximum Gasteiger partial charge on any atom is 0.261 e. The third-order valence-electron chi connectivity index (χ3n) is 5.98. The van der Waals surface area contributed by atoms with Crippen molar-refractivity contribution in [3.05, 3.63) is 59.2 Å². The van der Waals surface area contributed by atoms with Gasteiger partial charge in [0.1, 0.15) is 0 Å². The van der Waals surface area contributed by atoms with Crippen LogP contribution in [0.4, 0.5) is 11.4 Å². The number of amides is 2. The lowest BCUT2D eigenvalue weighted by Gasteiger charge is -2.36. The lowest BCUT2D eigenvalue weighted by atomic mass is 10.1. The standard InChI is InChI=1S/C23H28N4O2/c1-17-16-18(8-9-21(17)24)26-14-12-25(13-15-26)10-4-5-11-27-22(28)19-6-2-3-7-20(19)23(27)29/h2-3,6-9,16H,4-5,10-15,24H2,1H3. The summed E-state index contributed by atoms with van der Waals surface area (Å²) in [5.74, 6) is -0.309. The number of piperazine rings is 1. The topological polar surface area (TPSA) is 69.9 Å². The summed E-state index contributed by atoms with van der Waals surface area (Å²) in [4.78, 5) is 31.1. The average Bonchev–Trinajstić information content (AvgIpc) is 2.98. The number of nitrogens with two attached hydrogens (primary N) is 1. The zero-order valence-electron chi connectivity index (χ0n) is 16.9. The van der Waals surface area contributed by atoms with Gasteiger partial charge in [0, 0.05) is 44.1 Å². The summed E-state index contributed by atoms with van der Waals surface area (Å²) in [5, 5.41) is 0. The molecule has 0 unspecified atom stereocenters. The van der Waals surface area contributed by atoms with Gasteiger partial charge < -0.3 is 10.6 Å². The van der Waals surface area contributed by atoms with Crippen molar-refractivity contribution >= 4 is 23.2 Å². The van der Waals surface area contributed by atoms with Crippen molar-refractivity contribution in [1.29, 1.82) is 0 Å². The molecule has 0 saturated carbocycles. The van der Waals surface area contributed by atoms with E-state index in [1.807, 2.05) is 13.0 Å². The van der Waals surface area contributed by atoms with Crippen LogP contribution in [0.15, 0.2) is 42.5 Å². The van der Waals surface area contributed by atoms with Gasteiger partial charge in [-0.2, -0.15) is 0 Å². The first-order valence-corrected chi connectivity index (χ1v) is 10.3. The van der Waals surface area contributed by atoms with Crippen LogP contribution in [0.5, 0.6) is 0 Å². The van der Waals surface area contributed by atoms with Crippen LogP contribution < -0.4 is 10.6 Å². The molecule has 4 rings (SSSR count). The molecule has 6 nitrogen and oxygen atoms in total. The minimum Gasteiger partial charge on any atom is -0.399 e. The molecule has 2 amide bonds. The normalized spacial score (nSPS) is 17.1. The first-order chi connectivity index (χ1) is 14.0. The van der Waals surface area contributed by atoms with Gasteiger partial charge in [0.05, 0.1) is 11.1 Å². The van der Waals surface area contributed by atoms with Crippen LogP contribution in [0.2, 0.25) is 0 Å². The highest BCUT2D eigenvalue weighted by Crippen LogP contribution is 2.23. The highest BCUT2D eigenvalue weighted by atomic mass is 16.2. The fraction of sp³-hybridized carbons (Fsp3) is 0.391. The quantitative estimate of drug-likeness (QED) is 0.465. The zero-order valence-corrected chi connectivity index (χ0v) is 16.9. The molecule has 152 valence electrons. The molecule has 2 aromatic rings. The van der Waals surface area contributed by atoms with Crippen LogP contribution in [-0.4, -0.2) is 60.9 Å². The van der Waals surface area contributed by atoms with E-state index < -0.39 is 0 Å². The Kier molecular flexibility index (Phi) is 5.53. The monoisotopic (exact) mass is 392 g/mol. The first kappa shape index (κ1) is 19.5. The number of anilines is 2. The zero-order chi connectivity index (χ0) is 20.4. The Morgan fingerprint density at radius 2 is 1.48 bits per heavy atom. The van der Waals surface area contributed by atoms with Gasteiger partial charge in [-0.3, -0.25) is 19.4 Å². The third kappa shape index (κ3) is 3.98. The SMILES string of the molecule is Cc1cc(N2CCN(CCCCN3C(=O)c4ccccc4C3=O)CC2)ccc1N. The molecule has 2 N–H and O–H groups in total. The van der Waals surface area contributed by atoms with E-state index in [4.69, 9.17) is 5.73 Å². The number of rotatable bonds is 6. The molecule has 1 fully saturated rings. The lowest BCUT2D eigenvalue weighted by molar-refractivity contribution is 0.0650. The number of carbonyl (C=O) groups excluding carboxylic acids is 2. The van der Waals surface area contributed by atoms with Crippen molar-refractivity contribution in [2.24, 2.45) is 0 Å². The molecule has 6 heteroatoms. The Morgan fingerprint density at radius 3 is 2.10 bits per heavy atom. The highest BCUT2D eigenvalue weighted by molar-refractivity contribution is 6.21. The summed E-state index contributed by atoms with van der Waals surface area (Å²) in [6, 6.07) is 13.3. The van der Waals surface area contributed by atoms with E-state index >= 15 is 0 Å². The second kappa shape index (κ2) is 8.25. The van der Waals surface area contributed by atoms with Crippen LogP contribution in [-0.2, 0) is 0 Å². The Bertz CT molecular complexity index is 884. The largest absolute Gasteiger partial charge is 0.399 e. The number of nitrogen functional groups attached to an aromatic ring is 1. The molecule has 2 aliphatic heterocycles. The lowest BCUT2D eigenvalue weighted by Crippen LogP contribution is -2.46. The third-order valence-corrected chi connectivity index (χ3v) is 5.98. The molecule has 2 aromatic carbocycles. The molecule has 29 heavy (non-hydrogen) atoms. The van der Waals surface area contributed by atoms with E-state index in [0.717, 1.165) is 56.8 Å². The van der Waals surface area contributed by atoms with E-state index in [1.165, 1.54) is 10.6 Å². The van der Waals surface area contributed by atoms with Gasteiger partial charge >= 0.3 is 0 Å². The molecule has 2 heterocycles. The van der Waals surface area contributed by atoms with Crippen LogP contribution in [0, 0.1) is 6.92 Å². The van der Waals surface area contributed by atoms with E-state index in [-0.39, 0.29) is 11.8 Å². The summed E-state index contributed by atoms with van der Waals surface area (Å²) >= 11 is 0. The fourth-order valence-electron chi connectivity index (χ4n) is 4.13. The van der Waals surface area contributed by atoms with Crippen molar-refractivity contribution in [2.75, 3.05) is 49.9 Å². The minimum absolute atomic E-state index is 0.155. The predicted octanol–water partition coefficient (Wildman–Crippen LogP) is 2.78. The number of aryl methyl sites for hydroxylation is 1. The molecular formula is C23H28N4O2. The molecule has 0 atom stereocenters. The van der Waals surface area contributed by atoms with Gasteiger partial charge in [0.25, 0.3) is 11.8 Å². The Balaban J connectivity index is 1.20. The molecule has 0 bridgehead atoms. The van der Waals surface area contributed by atoms with Gasteiger partial charge in [-0.05, 0) is 62.2 Å². The summed E-state index contributed by atoms with van der Waals surface area (Å²) in [7, 11) is 0. The fourth-order valence-corrected chi connectivity index (χ4v) is 4.13. The summed E-state index contributed by atoms with van der Waals surface area (Å²) < 4.78 is 0. The number of unbranched alkanes of at least 4 members (excludes halogenated alkanes) is 1. The second-order valence-electron chi connectivity index (χ2n) is 7.88. The summed E-state index contributed by atoms with van der Waals surface area (Å²) in [6.07, 6.45) is 1.82. The Hall–Kier alpha value is -2.86. The van der Waals surface area contributed by atoms with E-state index in [1.54, 1.807) is 24.3 Å². The van der Waals surface area contributed by atoms with E-state index in [9.17, 15) is 9.59 Å². The van der Waals surface area contributed by atoms with Gasteiger partial charge in [-0.25, -0.2) is 0 Å². The maximum absolute atomic E-state index is 12.4. The van der Waals surface area contributed by atoms with E-state index in [0.29, 0.717) is 17.7 Å². The number of benzene rings is 2. The molecule has 0 radical (unpaired) electrons. The smallest absolute Gasteiger partial charge is 0.261 e. The van der Waals surface area contributed by atoms with Gasteiger partial charge in [-0.15, -0.1) is 0 Å². The van der Waals surface area contributed by atoms with Crippen molar-refractivity contribution < 1.29 is 9.59 Å². The molecule has 0 spiro atoms. The highest BCUT2D eigenvalue weighted by Gasteiger charge is 2.34. The maximum atomic E-state index is 12.4. The van der Waals surface area contributed by atoms with Gasteiger partial charge in [0.2, 0.25) is 0 Å². The number of hydrogen-bond acceptors (Lipinski definition) is 5.